The fourth-order valence-corrected chi connectivity index (χ4v) is 2.13. The van der Waals surface area contributed by atoms with E-state index in [-0.39, 0.29) is 5.91 Å². The van der Waals surface area contributed by atoms with Gasteiger partial charge in [-0.05, 0) is 23.4 Å². The van der Waals surface area contributed by atoms with Crippen LogP contribution < -0.4 is 10.6 Å². The van der Waals surface area contributed by atoms with Crippen LogP contribution in [0.5, 0.6) is 0 Å². The van der Waals surface area contributed by atoms with Gasteiger partial charge in [0.05, 0.1) is 6.54 Å². The number of carbonyl (C=O) groups excluding carboxylic acids is 1. The van der Waals surface area contributed by atoms with E-state index in [0.29, 0.717) is 12.2 Å². The summed E-state index contributed by atoms with van der Waals surface area (Å²) in [4.78, 5) is 11.1. The van der Waals surface area contributed by atoms with Crippen molar-refractivity contribution in [1.82, 2.24) is 30.8 Å². The normalized spacial score (nSPS) is 10.6. The molecule has 1 aromatic rings. The summed E-state index contributed by atoms with van der Waals surface area (Å²) >= 11 is 1.50. The van der Waals surface area contributed by atoms with E-state index < -0.39 is 0 Å². The maximum atomic E-state index is 11.1. The second kappa shape index (κ2) is 8.87. The molecule has 0 aliphatic rings. The largest absolute Gasteiger partial charge is 0.359 e. The Labute approximate surface area is 111 Å². The molecule has 1 aromatic heterocycles. The Bertz CT molecular complexity index is 356. The first-order valence-electron chi connectivity index (χ1n) is 6.08. The van der Waals surface area contributed by atoms with Gasteiger partial charge in [0.15, 0.2) is 0 Å². The number of nitrogens with one attached hydrogen (secondary N) is 2. The van der Waals surface area contributed by atoms with Crippen molar-refractivity contribution in [3.05, 3.63) is 0 Å². The Morgan fingerprint density at radius 2 is 2.28 bits per heavy atom. The summed E-state index contributed by atoms with van der Waals surface area (Å²) < 4.78 is 1.76. The average molecular weight is 272 g/mol. The molecule has 102 valence electrons. The van der Waals surface area contributed by atoms with Crippen LogP contribution in [0.2, 0.25) is 0 Å². The summed E-state index contributed by atoms with van der Waals surface area (Å²) in [6.45, 7) is 4.72. The molecule has 1 rings (SSSR count). The van der Waals surface area contributed by atoms with Gasteiger partial charge < -0.3 is 10.6 Å². The van der Waals surface area contributed by atoms with E-state index in [0.717, 1.165) is 31.2 Å². The van der Waals surface area contributed by atoms with E-state index in [4.69, 9.17) is 0 Å². The summed E-state index contributed by atoms with van der Waals surface area (Å²) in [5, 5.41) is 18.2. The van der Waals surface area contributed by atoms with Crippen molar-refractivity contribution >= 4 is 17.7 Å². The Balaban J connectivity index is 2.28. The van der Waals surface area contributed by atoms with Crippen molar-refractivity contribution in [2.75, 3.05) is 25.9 Å². The van der Waals surface area contributed by atoms with E-state index >= 15 is 0 Å². The molecular formula is C10H20N6OS. The molecule has 0 fully saturated rings. The first kappa shape index (κ1) is 14.9. The van der Waals surface area contributed by atoms with Gasteiger partial charge in [-0.2, -0.15) is 0 Å². The number of nitrogens with zero attached hydrogens (tertiary/aromatic N) is 4. The Kier molecular flexibility index (Phi) is 7.35. The van der Waals surface area contributed by atoms with Gasteiger partial charge in [0, 0.05) is 25.8 Å². The lowest BCUT2D eigenvalue weighted by Gasteiger charge is -2.05. The van der Waals surface area contributed by atoms with Crippen LogP contribution in [-0.4, -0.2) is 52.0 Å². The average Bonchev–Trinajstić information content (AvgIpc) is 2.82. The zero-order valence-electron chi connectivity index (χ0n) is 10.8. The van der Waals surface area contributed by atoms with E-state index in [1.807, 2.05) is 0 Å². The molecule has 0 bridgehead atoms. The number of hydrogen-bond donors (Lipinski definition) is 2. The minimum absolute atomic E-state index is 0.0335. The minimum Gasteiger partial charge on any atom is -0.359 e. The minimum atomic E-state index is 0.0335. The number of rotatable bonds is 9. The fraction of sp³-hybridized carbons (Fsp3) is 0.800. The third-order valence-electron chi connectivity index (χ3n) is 2.27. The molecule has 0 atom stereocenters. The van der Waals surface area contributed by atoms with Crippen LogP contribution in [0, 0.1) is 0 Å². The van der Waals surface area contributed by atoms with E-state index in [2.05, 4.69) is 33.1 Å². The van der Waals surface area contributed by atoms with Gasteiger partial charge in [-0.15, -0.1) is 5.10 Å². The maximum Gasteiger partial charge on any atom is 0.220 e. The first-order valence-corrected chi connectivity index (χ1v) is 7.06. The summed E-state index contributed by atoms with van der Waals surface area (Å²) in [5.41, 5.74) is 0. The predicted octanol–water partition coefficient (Wildman–Crippen LogP) is -0.0991. The standard InChI is InChI=1S/C10H20N6OS/c1-3-5-12-6-7-16-10(13-14-15-16)18-8-4-9(17)11-2/h12H,3-8H2,1-2H3,(H,11,17). The molecule has 0 spiro atoms. The van der Waals surface area contributed by atoms with Crippen molar-refractivity contribution in [3.8, 4) is 0 Å². The molecule has 0 aliphatic carbocycles. The van der Waals surface area contributed by atoms with Gasteiger partial charge in [-0.25, -0.2) is 4.68 Å². The smallest absolute Gasteiger partial charge is 0.220 e. The van der Waals surface area contributed by atoms with Gasteiger partial charge >= 0.3 is 0 Å². The zero-order chi connectivity index (χ0) is 13.2. The van der Waals surface area contributed by atoms with Gasteiger partial charge in [0.25, 0.3) is 0 Å². The predicted molar refractivity (Wildman–Crippen MR) is 70.4 cm³/mol. The topological polar surface area (TPSA) is 84.7 Å². The molecule has 2 N–H and O–H groups in total. The number of thioether (sulfide) groups is 1. The highest BCUT2D eigenvalue weighted by Gasteiger charge is 2.07. The monoisotopic (exact) mass is 272 g/mol. The van der Waals surface area contributed by atoms with Crippen LogP contribution in [0.3, 0.4) is 0 Å². The van der Waals surface area contributed by atoms with E-state index in [1.54, 1.807) is 11.7 Å². The highest BCUT2D eigenvalue weighted by molar-refractivity contribution is 7.99. The van der Waals surface area contributed by atoms with E-state index in [1.165, 1.54) is 11.8 Å². The van der Waals surface area contributed by atoms with Gasteiger partial charge in [-0.3, -0.25) is 4.79 Å². The fourth-order valence-electron chi connectivity index (χ4n) is 1.29. The van der Waals surface area contributed by atoms with Crippen LogP contribution in [0.1, 0.15) is 19.8 Å². The SMILES string of the molecule is CCCNCCn1nnnc1SCCC(=O)NC. The Hall–Kier alpha value is -1.15. The van der Waals surface area contributed by atoms with Crippen molar-refractivity contribution < 1.29 is 4.79 Å². The highest BCUT2D eigenvalue weighted by atomic mass is 32.2. The Morgan fingerprint density at radius 1 is 1.44 bits per heavy atom. The summed E-state index contributed by atoms with van der Waals surface area (Å²) in [7, 11) is 1.64. The molecule has 0 aromatic carbocycles. The number of aromatic nitrogens is 4. The molecule has 0 saturated carbocycles. The molecule has 0 radical (unpaired) electrons. The molecular weight excluding hydrogens is 252 g/mol. The number of hydrogen-bond acceptors (Lipinski definition) is 6. The van der Waals surface area contributed by atoms with Gasteiger partial charge in [-0.1, -0.05) is 18.7 Å². The molecule has 7 nitrogen and oxygen atoms in total. The van der Waals surface area contributed by atoms with Crippen molar-refractivity contribution in [2.24, 2.45) is 0 Å². The maximum absolute atomic E-state index is 11.1. The van der Waals surface area contributed by atoms with Crippen LogP contribution in [-0.2, 0) is 11.3 Å². The molecule has 1 heterocycles. The zero-order valence-corrected chi connectivity index (χ0v) is 11.7. The Morgan fingerprint density at radius 3 is 3.00 bits per heavy atom. The summed E-state index contributed by atoms with van der Waals surface area (Å²) in [6.07, 6.45) is 1.59. The van der Waals surface area contributed by atoms with Crippen LogP contribution >= 0.6 is 11.8 Å². The molecule has 18 heavy (non-hydrogen) atoms. The molecule has 0 aliphatic heterocycles. The van der Waals surface area contributed by atoms with Crippen molar-refractivity contribution in [3.63, 3.8) is 0 Å². The lowest BCUT2D eigenvalue weighted by atomic mass is 10.5. The third kappa shape index (κ3) is 5.46. The van der Waals surface area contributed by atoms with Crippen LogP contribution in [0.4, 0.5) is 0 Å². The molecule has 0 unspecified atom stereocenters. The lowest BCUT2D eigenvalue weighted by Crippen LogP contribution is -2.21. The highest BCUT2D eigenvalue weighted by Crippen LogP contribution is 2.14. The first-order chi connectivity index (χ1) is 8.77. The number of tetrazole rings is 1. The summed E-state index contributed by atoms with van der Waals surface area (Å²) in [6, 6.07) is 0. The van der Waals surface area contributed by atoms with E-state index in [9.17, 15) is 4.79 Å². The molecule has 1 amide bonds. The third-order valence-corrected chi connectivity index (χ3v) is 3.22. The number of amides is 1. The van der Waals surface area contributed by atoms with Crippen molar-refractivity contribution in [2.45, 2.75) is 31.5 Å². The lowest BCUT2D eigenvalue weighted by molar-refractivity contribution is -0.120. The van der Waals surface area contributed by atoms with Crippen LogP contribution in [0.25, 0.3) is 0 Å². The molecule has 0 saturated heterocycles. The second-order valence-corrected chi connectivity index (χ2v) is 4.77. The second-order valence-electron chi connectivity index (χ2n) is 3.71. The van der Waals surface area contributed by atoms with Crippen LogP contribution in [0.15, 0.2) is 5.16 Å². The summed E-state index contributed by atoms with van der Waals surface area (Å²) in [5.74, 6) is 0.716. The van der Waals surface area contributed by atoms with Crippen molar-refractivity contribution in [1.29, 1.82) is 0 Å². The number of carbonyl (C=O) groups is 1. The van der Waals surface area contributed by atoms with Gasteiger partial charge in [0.2, 0.25) is 11.1 Å². The molecule has 8 heteroatoms. The quantitative estimate of drug-likeness (QED) is 0.482. The van der Waals surface area contributed by atoms with Gasteiger partial charge in [0.1, 0.15) is 0 Å².